The largest absolute Gasteiger partial charge is 0.507 e. The molecule has 5 rings (SSSR count). The van der Waals surface area contributed by atoms with Gasteiger partial charge in [-0.05, 0) is 18.2 Å². The monoisotopic (exact) mass is 656 g/mol. The predicted octanol–water partition coefficient (Wildman–Crippen LogP) is -2.71. The summed E-state index contributed by atoms with van der Waals surface area (Å²) in [7, 11) is 1.14. The number of aliphatic hydroxyl groups is 7. The molecule has 18 heteroatoms. The van der Waals surface area contributed by atoms with Crippen molar-refractivity contribution in [3.8, 4) is 45.8 Å². The maximum atomic E-state index is 14.0. The first-order valence-corrected chi connectivity index (χ1v) is 13.7. The molecule has 2 aromatic carbocycles. The lowest BCUT2D eigenvalue weighted by molar-refractivity contribution is -0.358. The zero-order valence-corrected chi connectivity index (χ0v) is 23.8. The molecule has 3 aromatic rings. The lowest BCUT2D eigenvalue weighted by Crippen LogP contribution is -2.65. The normalized spacial score (nSPS) is 31.6. The Bertz CT molecular complexity index is 1620. The van der Waals surface area contributed by atoms with E-state index in [1.807, 2.05) is 0 Å². The van der Waals surface area contributed by atoms with Crippen LogP contribution in [0, 0.1) is 0 Å². The van der Waals surface area contributed by atoms with Crippen molar-refractivity contribution in [2.75, 3.05) is 20.3 Å². The highest BCUT2D eigenvalue weighted by Crippen LogP contribution is 2.44. The maximum Gasteiger partial charge on any atom is 0.239 e. The van der Waals surface area contributed by atoms with E-state index >= 15 is 0 Å². The van der Waals surface area contributed by atoms with Gasteiger partial charge in [-0.25, -0.2) is 0 Å². The molecule has 252 valence electrons. The predicted molar refractivity (Wildman–Crippen MR) is 148 cm³/mol. The number of ether oxygens (including phenoxy) is 5. The molecule has 1 aromatic heterocycles. The first kappa shape index (κ1) is 33.4. The van der Waals surface area contributed by atoms with E-state index in [0.29, 0.717) is 0 Å². The molecule has 0 unspecified atom stereocenters. The topological polar surface area (TPSA) is 299 Å². The lowest BCUT2D eigenvalue weighted by Gasteiger charge is -2.45. The minimum absolute atomic E-state index is 0.115. The van der Waals surface area contributed by atoms with Gasteiger partial charge in [0.15, 0.2) is 41.0 Å². The number of phenolic OH excluding ortho intramolecular Hbond substituents is 4. The molecule has 0 spiro atoms. The zero-order valence-electron chi connectivity index (χ0n) is 23.8. The van der Waals surface area contributed by atoms with E-state index in [0.717, 1.165) is 25.3 Å². The van der Waals surface area contributed by atoms with Gasteiger partial charge in [-0.1, -0.05) is 0 Å². The number of hydrogen-bond acceptors (Lipinski definition) is 18. The average molecular weight is 657 g/mol. The van der Waals surface area contributed by atoms with Gasteiger partial charge in [0.1, 0.15) is 53.9 Å². The Morgan fingerprint density at radius 1 is 0.717 bits per heavy atom. The second-order valence-electron chi connectivity index (χ2n) is 10.6. The Hall–Kier alpha value is -3.95. The Kier molecular flexibility index (Phi) is 9.47. The Labute approximate surface area is 257 Å². The average Bonchev–Trinajstić information content (AvgIpc) is 3.02. The summed E-state index contributed by atoms with van der Waals surface area (Å²) in [6.07, 6.45) is -18.2. The molecule has 2 saturated heterocycles. The van der Waals surface area contributed by atoms with Crippen molar-refractivity contribution in [3.63, 3.8) is 0 Å². The Balaban J connectivity index is 1.65. The Morgan fingerprint density at radius 3 is 1.96 bits per heavy atom. The van der Waals surface area contributed by atoms with Gasteiger partial charge in [-0.15, -0.1) is 0 Å². The van der Waals surface area contributed by atoms with Crippen LogP contribution in [-0.2, 0) is 14.2 Å². The van der Waals surface area contributed by atoms with Gasteiger partial charge in [-0.2, -0.15) is 0 Å². The molecule has 3 heterocycles. The number of benzene rings is 2. The van der Waals surface area contributed by atoms with Crippen LogP contribution < -0.4 is 14.9 Å². The van der Waals surface area contributed by atoms with E-state index in [4.69, 9.17) is 28.1 Å². The molecule has 0 amide bonds. The Morgan fingerprint density at radius 2 is 1.35 bits per heavy atom. The minimum Gasteiger partial charge on any atom is -0.507 e. The van der Waals surface area contributed by atoms with Gasteiger partial charge >= 0.3 is 0 Å². The third-order valence-corrected chi connectivity index (χ3v) is 7.68. The highest BCUT2D eigenvalue weighted by atomic mass is 16.8. The SMILES string of the molecule is COc1c(O)cc(O)c2c(=O)c(O[C@@H]3O[C@H](CO)[C@@H](O)[C@H](O)[C@H]3O[C@@H]3O[C@H](CO)[C@@H](O)[C@H](O)[C@H]3O)c(-c3ccc(O)c(O)c3)oc12. The van der Waals surface area contributed by atoms with E-state index < -0.39 is 126 Å². The summed E-state index contributed by atoms with van der Waals surface area (Å²) >= 11 is 0. The van der Waals surface area contributed by atoms with Crippen molar-refractivity contribution in [2.24, 2.45) is 0 Å². The fraction of sp³-hybridized carbons (Fsp3) is 0.464. The van der Waals surface area contributed by atoms with E-state index in [9.17, 15) is 61.0 Å². The highest BCUT2D eigenvalue weighted by Gasteiger charge is 2.51. The van der Waals surface area contributed by atoms with Crippen LogP contribution in [0.1, 0.15) is 0 Å². The maximum absolute atomic E-state index is 14.0. The van der Waals surface area contributed by atoms with Crippen LogP contribution in [0.3, 0.4) is 0 Å². The second kappa shape index (κ2) is 13.0. The molecule has 46 heavy (non-hydrogen) atoms. The van der Waals surface area contributed by atoms with Crippen LogP contribution in [-0.4, -0.2) is 138 Å². The standard InChI is InChI=1S/C28H32O18/c1-41-23-12(34)5-11(33)15-18(37)25(22(44-24(15)23)8-2-3-9(31)10(32)4-8)45-28-26(20(39)17(36)14(7-30)43-28)46-27-21(40)19(38)16(35)13(6-29)42-27/h2-5,13-14,16-17,19-21,26-36,38-40H,6-7H2,1H3/t13-,14-,16-,17-,19+,20+,21-,26-,27+,28+/m1/s1. The van der Waals surface area contributed by atoms with Gasteiger partial charge in [0.25, 0.3) is 0 Å². The second-order valence-corrected chi connectivity index (χ2v) is 10.6. The number of fused-ring (bicyclic) bond motifs is 1. The fourth-order valence-electron chi connectivity index (χ4n) is 5.20. The number of rotatable bonds is 8. The molecule has 0 saturated carbocycles. The number of aliphatic hydroxyl groups excluding tert-OH is 7. The summed E-state index contributed by atoms with van der Waals surface area (Å²) in [5.41, 5.74) is -1.71. The molecule has 2 aliphatic heterocycles. The molecule has 2 aliphatic rings. The van der Waals surface area contributed by atoms with E-state index in [1.54, 1.807) is 0 Å². The third kappa shape index (κ3) is 5.75. The summed E-state index contributed by atoms with van der Waals surface area (Å²) < 4.78 is 33.4. The van der Waals surface area contributed by atoms with Crippen molar-refractivity contribution in [1.29, 1.82) is 0 Å². The molecule has 0 radical (unpaired) electrons. The van der Waals surface area contributed by atoms with Gasteiger partial charge < -0.3 is 84.3 Å². The fourth-order valence-corrected chi connectivity index (χ4v) is 5.20. The lowest BCUT2D eigenvalue weighted by atomic mass is 9.97. The summed E-state index contributed by atoms with van der Waals surface area (Å²) in [5, 5.41) is 112. The summed E-state index contributed by atoms with van der Waals surface area (Å²) in [6, 6.07) is 4.00. The van der Waals surface area contributed by atoms with Gasteiger partial charge in [0.05, 0.1) is 20.3 Å². The number of aromatic hydroxyl groups is 4. The zero-order chi connectivity index (χ0) is 33.6. The molecule has 18 nitrogen and oxygen atoms in total. The molecular formula is C28H32O18. The van der Waals surface area contributed by atoms with Gasteiger partial charge in [0.2, 0.25) is 23.2 Å². The molecular weight excluding hydrogens is 624 g/mol. The summed E-state index contributed by atoms with van der Waals surface area (Å²) in [5.74, 6) is -4.27. The molecule has 2 fully saturated rings. The van der Waals surface area contributed by atoms with Crippen molar-refractivity contribution in [1.82, 2.24) is 0 Å². The molecule has 0 bridgehead atoms. The van der Waals surface area contributed by atoms with Crippen molar-refractivity contribution in [2.45, 2.75) is 61.4 Å². The van der Waals surface area contributed by atoms with Crippen LogP contribution >= 0.6 is 0 Å². The van der Waals surface area contributed by atoms with E-state index in [2.05, 4.69) is 0 Å². The van der Waals surface area contributed by atoms with Crippen LogP contribution in [0.15, 0.2) is 33.5 Å². The number of phenols is 4. The van der Waals surface area contributed by atoms with Crippen molar-refractivity contribution >= 4 is 11.0 Å². The summed E-state index contributed by atoms with van der Waals surface area (Å²) in [4.78, 5) is 14.0. The quantitative estimate of drug-likeness (QED) is 0.110. The minimum atomic E-state index is -2.00. The third-order valence-electron chi connectivity index (χ3n) is 7.68. The number of methoxy groups -OCH3 is 1. The van der Waals surface area contributed by atoms with Crippen LogP contribution in [0.2, 0.25) is 0 Å². The highest BCUT2D eigenvalue weighted by molar-refractivity contribution is 5.93. The van der Waals surface area contributed by atoms with Crippen molar-refractivity contribution in [3.05, 3.63) is 34.5 Å². The van der Waals surface area contributed by atoms with Crippen molar-refractivity contribution < 1.29 is 84.3 Å². The van der Waals surface area contributed by atoms with Gasteiger partial charge in [-0.3, -0.25) is 4.79 Å². The first-order valence-electron chi connectivity index (χ1n) is 13.7. The molecule has 11 N–H and O–H groups in total. The molecule has 10 atom stereocenters. The van der Waals surface area contributed by atoms with Crippen LogP contribution in [0.5, 0.6) is 34.5 Å². The smallest absolute Gasteiger partial charge is 0.239 e. The number of hydrogen-bond donors (Lipinski definition) is 11. The van der Waals surface area contributed by atoms with Gasteiger partial charge in [0, 0.05) is 11.6 Å². The van der Waals surface area contributed by atoms with Crippen LogP contribution in [0.25, 0.3) is 22.3 Å². The first-order chi connectivity index (χ1) is 21.8. The van der Waals surface area contributed by atoms with Crippen LogP contribution in [0.4, 0.5) is 0 Å². The molecule has 0 aliphatic carbocycles. The van der Waals surface area contributed by atoms with E-state index in [1.165, 1.54) is 6.07 Å². The summed E-state index contributed by atoms with van der Waals surface area (Å²) in [6.45, 7) is -1.71. The van der Waals surface area contributed by atoms with E-state index in [-0.39, 0.29) is 11.3 Å².